The van der Waals surface area contributed by atoms with Gasteiger partial charge in [-0.1, -0.05) is 0 Å². The molecule has 1 aliphatic rings. The van der Waals surface area contributed by atoms with Crippen molar-refractivity contribution in [3.05, 3.63) is 68.8 Å². The summed E-state index contributed by atoms with van der Waals surface area (Å²) in [6.07, 6.45) is 0. The highest BCUT2D eigenvalue weighted by Gasteiger charge is 2.21. The molecular weight excluding hydrogens is 384 g/mol. The fourth-order valence-corrected chi connectivity index (χ4v) is 3.70. The monoisotopic (exact) mass is 402 g/mol. The highest BCUT2D eigenvalue weighted by atomic mass is 32.2. The Balaban J connectivity index is 1.48. The van der Waals surface area contributed by atoms with Crippen molar-refractivity contribution in [3.63, 3.8) is 0 Å². The smallest absolute Gasteiger partial charge is 0.269 e. The van der Waals surface area contributed by atoms with Gasteiger partial charge in [-0.15, -0.1) is 11.8 Å². The zero-order chi connectivity index (χ0) is 20.1. The van der Waals surface area contributed by atoms with Crippen LogP contribution in [-0.4, -0.2) is 52.6 Å². The van der Waals surface area contributed by atoms with Crippen LogP contribution in [0.25, 0.3) is 0 Å². The zero-order valence-electron chi connectivity index (χ0n) is 14.9. The molecule has 10 heteroatoms. The number of thioether (sulfide) groups is 1. The number of carbonyl (C=O) groups is 1. The number of nitro benzene ring substituents is 2. The SMILES string of the molecule is O=C(CSc1ccc([N+](=O)[O-])cc1)N1CCN(c2ccc([N+](=O)[O-])cc2)CC1. The Bertz CT molecular complexity index is 865. The summed E-state index contributed by atoms with van der Waals surface area (Å²) >= 11 is 1.35. The molecule has 1 amide bonds. The maximum absolute atomic E-state index is 12.4. The second-order valence-electron chi connectivity index (χ2n) is 6.18. The lowest BCUT2D eigenvalue weighted by atomic mass is 10.2. The molecule has 9 nitrogen and oxygen atoms in total. The first-order valence-corrected chi connectivity index (χ1v) is 9.57. The number of nitro groups is 2. The zero-order valence-corrected chi connectivity index (χ0v) is 15.7. The minimum absolute atomic E-state index is 0.0201. The van der Waals surface area contributed by atoms with Gasteiger partial charge in [0.2, 0.25) is 5.91 Å². The van der Waals surface area contributed by atoms with Crippen LogP contribution >= 0.6 is 11.8 Å². The summed E-state index contributed by atoms with van der Waals surface area (Å²) < 4.78 is 0. The summed E-state index contributed by atoms with van der Waals surface area (Å²) in [6, 6.07) is 12.5. The number of amides is 1. The molecule has 1 fully saturated rings. The summed E-state index contributed by atoms with van der Waals surface area (Å²) in [5, 5.41) is 21.4. The third-order valence-corrected chi connectivity index (χ3v) is 5.46. The van der Waals surface area contributed by atoms with Crippen LogP contribution in [0.4, 0.5) is 17.1 Å². The van der Waals surface area contributed by atoms with E-state index in [1.807, 2.05) is 0 Å². The van der Waals surface area contributed by atoms with Gasteiger partial charge in [-0.3, -0.25) is 25.0 Å². The normalized spacial score (nSPS) is 14.0. The van der Waals surface area contributed by atoms with E-state index in [9.17, 15) is 25.0 Å². The standard InChI is InChI=1S/C18H18N4O5S/c23-18(13-28-17-7-5-16(6-8-17)22(26)27)20-11-9-19(10-12-20)14-1-3-15(4-2-14)21(24)25/h1-8H,9-13H2. The van der Waals surface area contributed by atoms with Gasteiger partial charge >= 0.3 is 0 Å². The number of anilines is 1. The van der Waals surface area contributed by atoms with Crippen molar-refractivity contribution in [3.8, 4) is 0 Å². The van der Waals surface area contributed by atoms with E-state index in [-0.39, 0.29) is 23.0 Å². The van der Waals surface area contributed by atoms with Gasteiger partial charge in [0, 0.05) is 61.0 Å². The van der Waals surface area contributed by atoms with Crippen molar-refractivity contribution in [2.24, 2.45) is 0 Å². The first kappa shape index (κ1) is 19.6. The lowest BCUT2D eigenvalue weighted by Crippen LogP contribution is -2.49. The number of carbonyl (C=O) groups excluding carboxylic acids is 1. The van der Waals surface area contributed by atoms with Gasteiger partial charge in [0.05, 0.1) is 15.6 Å². The second kappa shape index (κ2) is 8.70. The number of nitrogens with zero attached hydrogens (tertiary/aromatic N) is 4. The van der Waals surface area contributed by atoms with E-state index < -0.39 is 9.85 Å². The van der Waals surface area contributed by atoms with Crippen LogP contribution < -0.4 is 4.90 Å². The highest BCUT2D eigenvalue weighted by molar-refractivity contribution is 8.00. The lowest BCUT2D eigenvalue weighted by molar-refractivity contribution is -0.385. The predicted octanol–water partition coefficient (Wildman–Crippen LogP) is 2.94. The molecule has 0 spiro atoms. The van der Waals surface area contributed by atoms with Crippen molar-refractivity contribution >= 4 is 34.7 Å². The molecule has 0 radical (unpaired) electrons. The molecule has 1 saturated heterocycles. The molecule has 2 aromatic rings. The van der Waals surface area contributed by atoms with Gasteiger partial charge in [0.15, 0.2) is 0 Å². The van der Waals surface area contributed by atoms with Crippen LogP contribution in [-0.2, 0) is 4.79 Å². The molecule has 0 aliphatic carbocycles. The number of non-ortho nitro benzene ring substituents is 2. The van der Waals surface area contributed by atoms with E-state index in [1.165, 1.54) is 36.0 Å². The minimum atomic E-state index is -0.454. The number of benzene rings is 2. The first-order chi connectivity index (χ1) is 13.4. The predicted molar refractivity (Wildman–Crippen MR) is 106 cm³/mol. The van der Waals surface area contributed by atoms with Gasteiger partial charge in [-0.05, 0) is 24.3 Å². The maximum Gasteiger partial charge on any atom is 0.269 e. The Labute approximate surface area is 165 Å². The van der Waals surface area contributed by atoms with E-state index in [1.54, 1.807) is 29.2 Å². The molecular formula is C18H18N4O5S. The highest BCUT2D eigenvalue weighted by Crippen LogP contribution is 2.23. The summed E-state index contributed by atoms with van der Waals surface area (Å²) in [6.45, 7) is 2.48. The van der Waals surface area contributed by atoms with Gasteiger partial charge in [-0.25, -0.2) is 0 Å². The molecule has 28 heavy (non-hydrogen) atoms. The van der Waals surface area contributed by atoms with Crippen molar-refractivity contribution in [1.82, 2.24) is 4.90 Å². The minimum Gasteiger partial charge on any atom is -0.368 e. The fraction of sp³-hybridized carbons (Fsp3) is 0.278. The van der Waals surface area contributed by atoms with Gasteiger partial charge < -0.3 is 9.80 Å². The third-order valence-electron chi connectivity index (χ3n) is 4.47. The molecule has 0 atom stereocenters. The van der Waals surface area contributed by atoms with Crippen LogP contribution in [0.5, 0.6) is 0 Å². The molecule has 0 unspecified atom stereocenters. The summed E-state index contributed by atoms with van der Waals surface area (Å²) in [4.78, 5) is 37.6. The quantitative estimate of drug-likeness (QED) is 0.415. The Morgan fingerprint density at radius 1 is 0.857 bits per heavy atom. The van der Waals surface area contributed by atoms with Crippen molar-refractivity contribution < 1.29 is 14.6 Å². The van der Waals surface area contributed by atoms with E-state index >= 15 is 0 Å². The van der Waals surface area contributed by atoms with Crippen molar-refractivity contribution in [2.45, 2.75) is 4.90 Å². The van der Waals surface area contributed by atoms with Crippen LogP contribution in [0.1, 0.15) is 0 Å². The van der Waals surface area contributed by atoms with Gasteiger partial charge in [0.1, 0.15) is 0 Å². The molecule has 0 bridgehead atoms. The van der Waals surface area contributed by atoms with Gasteiger partial charge in [0.25, 0.3) is 11.4 Å². The molecule has 1 heterocycles. The number of hydrogen-bond acceptors (Lipinski definition) is 7. The van der Waals surface area contributed by atoms with E-state index in [0.717, 1.165) is 10.6 Å². The van der Waals surface area contributed by atoms with Crippen LogP contribution in [0.2, 0.25) is 0 Å². The molecule has 0 saturated carbocycles. The Hall–Kier alpha value is -3.14. The molecule has 2 aromatic carbocycles. The molecule has 1 aliphatic heterocycles. The Morgan fingerprint density at radius 3 is 1.86 bits per heavy atom. The van der Waals surface area contributed by atoms with Crippen molar-refractivity contribution in [2.75, 3.05) is 36.8 Å². The summed E-state index contributed by atoms with van der Waals surface area (Å²) in [5.74, 6) is 0.293. The molecule has 3 rings (SSSR count). The average molecular weight is 402 g/mol. The van der Waals surface area contributed by atoms with E-state index in [2.05, 4.69) is 4.90 Å². The number of piperazine rings is 1. The fourth-order valence-electron chi connectivity index (χ4n) is 2.90. The second-order valence-corrected chi connectivity index (χ2v) is 7.23. The third kappa shape index (κ3) is 4.77. The first-order valence-electron chi connectivity index (χ1n) is 8.58. The summed E-state index contributed by atoms with van der Waals surface area (Å²) in [7, 11) is 0. The number of hydrogen-bond donors (Lipinski definition) is 0. The van der Waals surface area contributed by atoms with Crippen LogP contribution in [0, 0.1) is 20.2 Å². The average Bonchev–Trinajstić information content (AvgIpc) is 2.72. The Kier molecular flexibility index (Phi) is 6.09. The molecule has 146 valence electrons. The molecule has 0 aromatic heterocycles. The van der Waals surface area contributed by atoms with E-state index in [4.69, 9.17) is 0 Å². The van der Waals surface area contributed by atoms with Gasteiger partial charge in [-0.2, -0.15) is 0 Å². The Morgan fingerprint density at radius 2 is 1.36 bits per heavy atom. The maximum atomic E-state index is 12.4. The van der Waals surface area contributed by atoms with Crippen LogP contribution in [0.15, 0.2) is 53.4 Å². The van der Waals surface area contributed by atoms with E-state index in [0.29, 0.717) is 26.2 Å². The lowest BCUT2D eigenvalue weighted by Gasteiger charge is -2.36. The van der Waals surface area contributed by atoms with Crippen LogP contribution in [0.3, 0.4) is 0 Å². The van der Waals surface area contributed by atoms with Crippen molar-refractivity contribution in [1.29, 1.82) is 0 Å². The largest absolute Gasteiger partial charge is 0.368 e. The number of rotatable bonds is 6. The summed E-state index contributed by atoms with van der Waals surface area (Å²) in [5.41, 5.74) is 0.983. The topological polar surface area (TPSA) is 110 Å². The molecule has 0 N–H and O–H groups in total.